The predicted octanol–water partition coefficient (Wildman–Crippen LogP) is 3.03. The van der Waals surface area contributed by atoms with E-state index in [9.17, 15) is 4.79 Å². The second kappa shape index (κ2) is 8.67. The van der Waals surface area contributed by atoms with Crippen molar-refractivity contribution in [3.8, 4) is 17.2 Å². The van der Waals surface area contributed by atoms with Crippen molar-refractivity contribution >= 4 is 29.0 Å². The summed E-state index contributed by atoms with van der Waals surface area (Å²) in [5, 5.41) is 16.3. The number of nitrogens with two attached hydrogens (primary N) is 2. The van der Waals surface area contributed by atoms with Gasteiger partial charge in [-0.05, 0) is 60.4 Å². The summed E-state index contributed by atoms with van der Waals surface area (Å²) in [6, 6.07) is 18.1. The van der Waals surface area contributed by atoms with Crippen molar-refractivity contribution in [2.75, 3.05) is 5.32 Å². The van der Waals surface area contributed by atoms with Gasteiger partial charge < -0.3 is 16.6 Å². The Labute approximate surface area is 189 Å². The van der Waals surface area contributed by atoms with Crippen LogP contribution in [-0.2, 0) is 10.2 Å². The molecule has 1 heterocycles. The lowest BCUT2D eigenvalue weighted by molar-refractivity contribution is -0.118. The number of amidine groups is 1. The summed E-state index contributed by atoms with van der Waals surface area (Å²) in [5.41, 5.74) is 5.72. The molecule has 4 rings (SSSR count). The van der Waals surface area contributed by atoms with Gasteiger partial charge in [-0.3, -0.25) is 4.79 Å². The molecule has 3 aromatic rings. The number of nitriles is 1. The van der Waals surface area contributed by atoms with E-state index in [2.05, 4.69) is 20.8 Å². The first-order valence-electron chi connectivity index (χ1n) is 9.83. The van der Waals surface area contributed by atoms with Gasteiger partial charge in [-0.25, -0.2) is 10.8 Å². The first-order valence-corrected chi connectivity index (χ1v) is 10.2. The first-order chi connectivity index (χ1) is 15.5. The van der Waals surface area contributed by atoms with E-state index in [1.807, 2.05) is 30.3 Å². The predicted molar refractivity (Wildman–Crippen MR) is 123 cm³/mol. The number of carbonyl (C=O) groups excluding carboxylic acids is 1. The highest BCUT2D eigenvalue weighted by Crippen LogP contribution is 2.49. The SMILES string of the molecule is N#Cc1ccc(-c2ccc(NC(=O)C3(c4cccc(Cl)c4)CC3)cc2/C(=N/N)NN)cn1. The number of hydrazone groups is 1. The Hall–Kier alpha value is -3.93. The number of halogens is 1. The number of hydrogen-bond donors (Lipinski definition) is 4. The molecule has 0 unspecified atom stereocenters. The Morgan fingerprint density at radius 1 is 1.19 bits per heavy atom. The van der Waals surface area contributed by atoms with Crippen molar-refractivity contribution in [2.45, 2.75) is 18.3 Å². The molecular weight excluding hydrogens is 426 g/mol. The van der Waals surface area contributed by atoms with Gasteiger partial charge in [0.1, 0.15) is 11.8 Å². The van der Waals surface area contributed by atoms with E-state index in [0.717, 1.165) is 29.5 Å². The van der Waals surface area contributed by atoms with Crippen LogP contribution in [0.3, 0.4) is 0 Å². The van der Waals surface area contributed by atoms with Gasteiger partial charge in [-0.1, -0.05) is 29.8 Å². The smallest absolute Gasteiger partial charge is 0.235 e. The number of rotatable bonds is 5. The summed E-state index contributed by atoms with van der Waals surface area (Å²) in [6.07, 6.45) is 3.08. The third-order valence-electron chi connectivity index (χ3n) is 5.55. The molecule has 32 heavy (non-hydrogen) atoms. The minimum atomic E-state index is -0.586. The zero-order valence-electron chi connectivity index (χ0n) is 17.0. The number of pyridine rings is 1. The van der Waals surface area contributed by atoms with Crippen LogP contribution in [0.5, 0.6) is 0 Å². The minimum Gasteiger partial charge on any atom is -0.325 e. The molecule has 0 atom stereocenters. The zero-order valence-corrected chi connectivity index (χ0v) is 17.7. The molecule has 1 fully saturated rings. The van der Waals surface area contributed by atoms with Gasteiger partial charge in [0, 0.05) is 28.0 Å². The van der Waals surface area contributed by atoms with Crippen LogP contribution in [0.1, 0.15) is 29.7 Å². The van der Waals surface area contributed by atoms with Crippen molar-refractivity contribution in [1.29, 1.82) is 5.26 Å². The van der Waals surface area contributed by atoms with E-state index in [1.54, 1.807) is 36.5 Å². The lowest BCUT2D eigenvalue weighted by Gasteiger charge is -2.18. The molecule has 1 aliphatic carbocycles. The maximum absolute atomic E-state index is 13.2. The van der Waals surface area contributed by atoms with Crippen molar-refractivity contribution in [3.05, 3.63) is 82.6 Å². The molecule has 0 radical (unpaired) electrons. The highest BCUT2D eigenvalue weighted by atomic mass is 35.5. The molecule has 160 valence electrons. The van der Waals surface area contributed by atoms with Crippen LogP contribution < -0.4 is 22.4 Å². The first kappa shape index (κ1) is 21.3. The summed E-state index contributed by atoms with van der Waals surface area (Å²) in [7, 11) is 0. The average molecular weight is 446 g/mol. The second-order valence-corrected chi connectivity index (χ2v) is 7.91. The van der Waals surface area contributed by atoms with E-state index < -0.39 is 5.41 Å². The van der Waals surface area contributed by atoms with Crippen molar-refractivity contribution in [3.63, 3.8) is 0 Å². The van der Waals surface area contributed by atoms with Crippen LogP contribution in [-0.4, -0.2) is 16.7 Å². The third-order valence-corrected chi connectivity index (χ3v) is 5.78. The summed E-state index contributed by atoms with van der Waals surface area (Å²) in [4.78, 5) is 17.3. The van der Waals surface area contributed by atoms with Gasteiger partial charge in [-0.15, -0.1) is 0 Å². The summed E-state index contributed by atoms with van der Waals surface area (Å²) in [6.45, 7) is 0. The average Bonchev–Trinajstić information content (AvgIpc) is 3.63. The Bertz CT molecular complexity index is 1240. The van der Waals surface area contributed by atoms with Crippen molar-refractivity contribution in [1.82, 2.24) is 10.4 Å². The second-order valence-electron chi connectivity index (χ2n) is 7.47. The number of amides is 1. The van der Waals surface area contributed by atoms with Gasteiger partial charge >= 0.3 is 0 Å². The molecule has 1 aromatic heterocycles. The molecule has 1 amide bonds. The van der Waals surface area contributed by atoms with E-state index in [1.165, 1.54) is 0 Å². The fourth-order valence-electron chi connectivity index (χ4n) is 3.68. The number of nitrogens with zero attached hydrogens (tertiary/aromatic N) is 3. The topological polar surface area (TPSA) is 142 Å². The normalized spacial score (nSPS) is 14.3. The van der Waals surface area contributed by atoms with Crippen LogP contribution in [0.2, 0.25) is 5.02 Å². The van der Waals surface area contributed by atoms with Gasteiger partial charge in [0.2, 0.25) is 5.91 Å². The Morgan fingerprint density at radius 3 is 2.59 bits per heavy atom. The Balaban J connectivity index is 1.67. The maximum Gasteiger partial charge on any atom is 0.235 e. The third kappa shape index (κ3) is 3.99. The fraction of sp³-hybridized carbons (Fsp3) is 0.130. The highest BCUT2D eigenvalue weighted by molar-refractivity contribution is 6.30. The Kier molecular flexibility index (Phi) is 5.77. The summed E-state index contributed by atoms with van der Waals surface area (Å²) >= 11 is 6.13. The minimum absolute atomic E-state index is 0.106. The standard InChI is InChI=1S/C23H20ClN7O/c24-16-3-1-2-15(10-16)23(8-9-23)22(32)29-17-6-7-19(20(11-17)21(30-26)31-27)14-4-5-18(12-25)28-13-14/h1-7,10-11,13H,8-9,26-27H2,(H,29,32)(H,30,31). The molecule has 0 bridgehead atoms. The molecule has 1 saturated carbocycles. The number of carbonyl (C=O) groups is 1. The van der Waals surface area contributed by atoms with Gasteiger partial charge in [0.15, 0.2) is 5.84 Å². The molecule has 2 aromatic carbocycles. The van der Waals surface area contributed by atoms with Crippen LogP contribution in [0.4, 0.5) is 5.69 Å². The van der Waals surface area contributed by atoms with Crippen molar-refractivity contribution < 1.29 is 4.79 Å². The van der Waals surface area contributed by atoms with Gasteiger partial charge in [0.25, 0.3) is 0 Å². The number of hydrogen-bond acceptors (Lipinski definition) is 6. The number of aromatic nitrogens is 1. The van der Waals surface area contributed by atoms with Crippen LogP contribution in [0, 0.1) is 11.3 Å². The molecule has 0 saturated heterocycles. The molecule has 0 aliphatic heterocycles. The lowest BCUT2D eigenvalue weighted by atomic mass is 9.94. The van der Waals surface area contributed by atoms with Crippen LogP contribution in [0.15, 0.2) is 65.9 Å². The molecular formula is C23H20ClN7O. The summed E-state index contributed by atoms with van der Waals surface area (Å²) in [5.74, 6) is 11.3. The monoisotopic (exact) mass is 445 g/mol. The fourth-order valence-corrected chi connectivity index (χ4v) is 3.87. The number of benzene rings is 2. The van der Waals surface area contributed by atoms with Crippen LogP contribution in [0.25, 0.3) is 11.1 Å². The van der Waals surface area contributed by atoms with E-state index in [-0.39, 0.29) is 11.7 Å². The number of hydrazine groups is 1. The van der Waals surface area contributed by atoms with E-state index >= 15 is 0 Å². The molecule has 1 aliphatic rings. The maximum atomic E-state index is 13.2. The number of nitrogens with one attached hydrogen (secondary N) is 2. The van der Waals surface area contributed by atoms with Crippen molar-refractivity contribution in [2.24, 2.45) is 16.8 Å². The molecule has 8 nitrogen and oxygen atoms in total. The van der Waals surface area contributed by atoms with Crippen LogP contribution >= 0.6 is 11.6 Å². The summed E-state index contributed by atoms with van der Waals surface area (Å²) < 4.78 is 0. The highest BCUT2D eigenvalue weighted by Gasteiger charge is 2.51. The lowest BCUT2D eigenvalue weighted by Crippen LogP contribution is -2.33. The Morgan fingerprint density at radius 2 is 2.00 bits per heavy atom. The van der Waals surface area contributed by atoms with E-state index in [4.69, 9.17) is 28.5 Å². The van der Waals surface area contributed by atoms with E-state index in [0.29, 0.717) is 22.0 Å². The molecule has 0 spiro atoms. The quantitative estimate of drug-likeness (QED) is 0.206. The molecule has 6 N–H and O–H groups in total. The number of anilines is 1. The largest absolute Gasteiger partial charge is 0.325 e. The van der Waals surface area contributed by atoms with Gasteiger partial charge in [0.05, 0.1) is 5.41 Å². The zero-order chi connectivity index (χ0) is 22.7. The molecule has 9 heteroatoms. The van der Waals surface area contributed by atoms with Gasteiger partial charge in [-0.2, -0.15) is 10.4 Å².